The van der Waals surface area contributed by atoms with Crippen molar-refractivity contribution in [1.82, 2.24) is 15.1 Å². The van der Waals surface area contributed by atoms with Crippen LogP contribution in [0.5, 0.6) is 0 Å². The van der Waals surface area contributed by atoms with Crippen LogP contribution in [0, 0.1) is 0 Å². The average molecular weight is 275 g/mol. The first-order valence-electron chi connectivity index (χ1n) is 7.52. The lowest BCUT2D eigenvalue weighted by atomic mass is 9.99. The van der Waals surface area contributed by atoms with Crippen LogP contribution in [0.25, 0.3) is 0 Å². The molecule has 0 amide bonds. The average Bonchev–Trinajstić information content (AvgIpc) is 2.48. The number of nitrogens with one attached hydrogen (secondary N) is 1. The highest BCUT2D eigenvalue weighted by molar-refractivity contribution is 5.31. The molecule has 2 atom stereocenters. The Balaban J connectivity index is 1.61. The molecule has 4 heteroatoms. The van der Waals surface area contributed by atoms with Crippen molar-refractivity contribution in [1.29, 1.82) is 0 Å². The van der Waals surface area contributed by atoms with Crippen LogP contribution in [0.3, 0.4) is 0 Å². The van der Waals surface area contributed by atoms with Gasteiger partial charge in [0, 0.05) is 32.2 Å². The van der Waals surface area contributed by atoms with Gasteiger partial charge in [-0.2, -0.15) is 0 Å². The number of rotatable bonds is 3. The maximum Gasteiger partial charge on any atom is 0.0721 e. The van der Waals surface area contributed by atoms with E-state index in [0.29, 0.717) is 12.1 Å². The van der Waals surface area contributed by atoms with Crippen LogP contribution < -0.4 is 5.32 Å². The predicted molar refractivity (Wildman–Crippen MR) is 80.8 cm³/mol. The van der Waals surface area contributed by atoms with Gasteiger partial charge in [0.2, 0.25) is 0 Å². The molecule has 1 N–H and O–H groups in total. The highest BCUT2D eigenvalue weighted by Gasteiger charge is 2.25. The van der Waals surface area contributed by atoms with E-state index in [9.17, 15) is 0 Å². The maximum atomic E-state index is 5.71. The number of hydrogen-bond donors (Lipinski definition) is 1. The smallest absolute Gasteiger partial charge is 0.0721 e. The molecule has 3 rings (SSSR count). The monoisotopic (exact) mass is 275 g/mol. The molecule has 0 radical (unpaired) electrons. The van der Waals surface area contributed by atoms with E-state index >= 15 is 0 Å². The third kappa shape index (κ3) is 3.04. The van der Waals surface area contributed by atoms with E-state index in [-0.39, 0.29) is 0 Å². The molecule has 2 aliphatic rings. The van der Waals surface area contributed by atoms with Gasteiger partial charge in [-0.05, 0) is 25.2 Å². The number of nitrogens with zero attached hydrogens (tertiary/aromatic N) is 2. The molecule has 0 spiro atoms. The molecular weight excluding hydrogens is 250 g/mol. The van der Waals surface area contributed by atoms with E-state index in [0.717, 1.165) is 32.8 Å². The molecule has 110 valence electrons. The summed E-state index contributed by atoms with van der Waals surface area (Å²) in [6.45, 7) is 6.01. The number of piperazine rings is 1. The van der Waals surface area contributed by atoms with Crippen LogP contribution >= 0.6 is 0 Å². The summed E-state index contributed by atoms with van der Waals surface area (Å²) < 4.78 is 5.71. The Kier molecular flexibility index (Phi) is 4.36. The standard InChI is InChI=1S/C16H25N3O/c1-18-7-8-19(2)14(10-18)9-17-16-12-20-11-13-5-3-4-6-15(13)16/h3-6,14,16-17H,7-12H2,1-2H3. The fourth-order valence-electron chi connectivity index (χ4n) is 3.15. The summed E-state index contributed by atoms with van der Waals surface area (Å²) in [6, 6.07) is 9.53. The topological polar surface area (TPSA) is 27.7 Å². The summed E-state index contributed by atoms with van der Waals surface area (Å²) in [6.07, 6.45) is 0. The van der Waals surface area contributed by atoms with Crippen molar-refractivity contribution < 1.29 is 4.74 Å². The summed E-state index contributed by atoms with van der Waals surface area (Å²) in [7, 11) is 4.43. The first kappa shape index (κ1) is 14.0. The Morgan fingerprint density at radius 1 is 1.25 bits per heavy atom. The zero-order chi connectivity index (χ0) is 13.9. The van der Waals surface area contributed by atoms with Gasteiger partial charge in [0.05, 0.1) is 19.3 Å². The van der Waals surface area contributed by atoms with Crippen LogP contribution in [0.1, 0.15) is 17.2 Å². The van der Waals surface area contributed by atoms with E-state index in [2.05, 4.69) is 53.5 Å². The first-order chi connectivity index (χ1) is 9.74. The highest BCUT2D eigenvalue weighted by atomic mass is 16.5. The van der Waals surface area contributed by atoms with Gasteiger partial charge in [-0.15, -0.1) is 0 Å². The highest BCUT2D eigenvalue weighted by Crippen LogP contribution is 2.24. The number of likely N-dealkylation sites (N-methyl/N-ethyl adjacent to an activating group) is 2. The molecule has 1 fully saturated rings. The van der Waals surface area contributed by atoms with E-state index in [1.165, 1.54) is 17.7 Å². The molecule has 1 aromatic carbocycles. The fraction of sp³-hybridized carbons (Fsp3) is 0.625. The summed E-state index contributed by atoms with van der Waals surface area (Å²) in [5.74, 6) is 0. The second-order valence-corrected chi connectivity index (χ2v) is 6.07. The molecule has 0 aromatic heterocycles. The number of fused-ring (bicyclic) bond motifs is 1. The third-order valence-electron chi connectivity index (χ3n) is 4.55. The molecule has 2 heterocycles. The summed E-state index contributed by atoms with van der Waals surface area (Å²) >= 11 is 0. The number of ether oxygens (including phenoxy) is 1. The molecule has 0 saturated carbocycles. The van der Waals surface area contributed by atoms with Crippen molar-refractivity contribution >= 4 is 0 Å². The van der Waals surface area contributed by atoms with Gasteiger partial charge < -0.3 is 15.0 Å². The van der Waals surface area contributed by atoms with Crippen molar-refractivity contribution in [3.8, 4) is 0 Å². The normalized spacial score (nSPS) is 28.3. The SMILES string of the molecule is CN1CCN(C)C(CNC2COCc3ccccc32)C1. The Labute approximate surface area is 121 Å². The van der Waals surface area contributed by atoms with Crippen LogP contribution in [-0.2, 0) is 11.3 Å². The van der Waals surface area contributed by atoms with Gasteiger partial charge in [-0.1, -0.05) is 24.3 Å². The third-order valence-corrected chi connectivity index (χ3v) is 4.55. The van der Waals surface area contributed by atoms with Crippen LogP contribution in [-0.4, -0.2) is 62.7 Å². The van der Waals surface area contributed by atoms with Crippen molar-refractivity contribution in [2.24, 2.45) is 0 Å². The van der Waals surface area contributed by atoms with Crippen molar-refractivity contribution in [2.75, 3.05) is 46.9 Å². The van der Waals surface area contributed by atoms with Crippen molar-refractivity contribution in [3.05, 3.63) is 35.4 Å². The molecule has 0 aliphatic carbocycles. The molecule has 1 aromatic rings. The number of hydrogen-bond acceptors (Lipinski definition) is 4. The van der Waals surface area contributed by atoms with Crippen LogP contribution in [0.2, 0.25) is 0 Å². The van der Waals surface area contributed by atoms with Crippen LogP contribution in [0.4, 0.5) is 0 Å². The first-order valence-corrected chi connectivity index (χ1v) is 7.52. The lowest BCUT2D eigenvalue weighted by Crippen LogP contribution is -2.54. The predicted octanol–water partition coefficient (Wildman–Crippen LogP) is 1.09. The maximum absolute atomic E-state index is 5.71. The summed E-state index contributed by atoms with van der Waals surface area (Å²) in [5.41, 5.74) is 2.73. The summed E-state index contributed by atoms with van der Waals surface area (Å²) in [4.78, 5) is 4.88. The zero-order valence-corrected chi connectivity index (χ0v) is 12.5. The molecule has 4 nitrogen and oxygen atoms in total. The zero-order valence-electron chi connectivity index (χ0n) is 12.5. The van der Waals surface area contributed by atoms with E-state index < -0.39 is 0 Å². The Morgan fingerprint density at radius 3 is 3.00 bits per heavy atom. The minimum Gasteiger partial charge on any atom is -0.375 e. The Hall–Kier alpha value is -0.940. The van der Waals surface area contributed by atoms with Gasteiger partial charge in [0.1, 0.15) is 0 Å². The van der Waals surface area contributed by atoms with Crippen molar-refractivity contribution in [3.63, 3.8) is 0 Å². The lowest BCUT2D eigenvalue weighted by molar-refractivity contribution is 0.0717. The minimum atomic E-state index is 0.334. The largest absolute Gasteiger partial charge is 0.375 e. The van der Waals surface area contributed by atoms with E-state index in [1.807, 2.05) is 0 Å². The van der Waals surface area contributed by atoms with E-state index in [1.54, 1.807) is 0 Å². The molecule has 2 aliphatic heterocycles. The van der Waals surface area contributed by atoms with Gasteiger partial charge in [-0.3, -0.25) is 4.90 Å². The molecule has 1 saturated heterocycles. The van der Waals surface area contributed by atoms with Crippen molar-refractivity contribution in [2.45, 2.75) is 18.7 Å². The second kappa shape index (κ2) is 6.22. The summed E-state index contributed by atoms with van der Waals surface area (Å²) in [5, 5.41) is 3.71. The van der Waals surface area contributed by atoms with E-state index in [4.69, 9.17) is 4.74 Å². The number of benzene rings is 1. The van der Waals surface area contributed by atoms with Gasteiger partial charge in [0.15, 0.2) is 0 Å². The molecule has 20 heavy (non-hydrogen) atoms. The van der Waals surface area contributed by atoms with Gasteiger partial charge in [-0.25, -0.2) is 0 Å². The van der Waals surface area contributed by atoms with Gasteiger partial charge >= 0.3 is 0 Å². The molecule has 0 bridgehead atoms. The Morgan fingerprint density at radius 2 is 2.10 bits per heavy atom. The fourth-order valence-corrected chi connectivity index (χ4v) is 3.15. The molecule has 2 unspecified atom stereocenters. The van der Waals surface area contributed by atoms with Gasteiger partial charge in [0.25, 0.3) is 0 Å². The lowest BCUT2D eigenvalue weighted by Gasteiger charge is -2.39. The van der Waals surface area contributed by atoms with Crippen LogP contribution in [0.15, 0.2) is 24.3 Å². The second-order valence-electron chi connectivity index (χ2n) is 6.07. The quantitative estimate of drug-likeness (QED) is 0.894. The molecular formula is C16H25N3O. The Bertz CT molecular complexity index is 451. The minimum absolute atomic E-state index is 0.334.